The van der Waals surface area contributed by atoms with Crippen LogP contribution in [0.1, 0.15) is 11.3 Å². The van der Waals surface area contributed by atoms with Crippen molar-refractivity contribution >= 4 is 0 Å². The fraction of sp³-hybridized carbons (Fsp3) is 0.333. The molecule has 0 N–H and O–H groups in total. The third-order valence-corrected chi connectivity index (χ3v) is 1.48. The standard InChI is InChI=1S/C9H10N2/c1-8-3-4-9(7-11-8)5-6-10-2/h3-4,7H,5-6H2,1H3. The highest BCUT2D eigenvalue weighted by Crippen LogP contribution is 1.99. The minimum atomic E-state index is 0.560. The van der Waals surface area contributed by atoms with E-state index in [1.165, 1.54) is 0 Å². The SMILES string of the molecule is [C-]#[N+]CCc1ccc(C)nc1. The van der Waals surface area contributed by atoms with Gasteiger partial charge in [-0.25, -0.2) is 6.57 Å². The molecule has 1 heterocycles. The molecule has 0 aliphatic heterocycles. The fourth-order valence-corrected chi connectivity index (χ4v) is 0.831. The lowest BCUT2D eigenvalue weighted by Crippen LogP contribution is -1.89. The molecule has 0 saturated carbocycles. The Bertz CT molecular complexity index is 256. The Morgan fingerprint density at radius 3 is 2.91 bits per heavy atom. The van der Waals surface area contributed by atoms with Crippen molar-refractivity contribution in [2.24, 2.45) is 0 Å². The average molecular weight is 146 g/mol. The molecular formula is C9H10N2. The molecule has 0 amide bonds. The molecule has 0 saturated heterocycles. The molecule has 1 aromatic rings. The van der Waals surface area contributed by atoms with Crippen LogP contribution in [0.4, 0.5) is 0 Å². The Morgan fingerprint density at radius 2 is 2.36 bits per heavy atom. The molecule has 0 atom stereocenters. The van der Waals surface area contributed by atoms with Gasteiger partial charge in [-0.3, -0.25) is 4.98 Å². The normalized spacial score (nSPS) is 9.09. The van der Waals surface area contributed by atoms with Gasteiger partial charge in [-0.1, -0.05) is 6.07 Å². The van der Waals surface area contributed by atoms with E-state index in [4.69, 9.17) is 6.57 Å². The zero-order valence-corrected chi connectivity index (χ0v) is 6.54. The molecule has 2 nitrogen and oxygen atoms in total. The lowest BCUT2D eigenvalue weighted by molar-refractivity contribution is 1.04. The van der Waals surface area contributed by atoms with Gasteiger partial charge in [0.25, 0.3) is 0 Å². The minimum Gasteiger partial charge on any atom is -0.317 e. The predicted octanol–water partition coefficient (Wildman–Crippen LogP) is 1.85. The van der Waals surface area contributed by atoms with E-state index in [2.05, 4.69) is 9.83 Å². The molecule has 11 heavy (non-hydrogen) atoms. The first-order valence-corrected chi connectivity index (χ1v) is 3.57. The van der Waals surface area contributed by atoms with E-state index in [0.717, 1.165) is 17.7 Å². The molecule has 0 bridgehead atoms. The predicted molar refractivity (Wildman–Crippen MR) is 44.1 cm³/mol. The molecule has 0 fully saturated rings. The maximum absolute atomic E-state index is 6.60. The Labute approximate surface area is 66.7 Å². The second-order valence-corrected chi connectivity index (χ2v) is 2.44. The third-order valence-electron chi connectivity index (χ3n) is 1.48. The van der Waals surface area contributed by atoms with Crippen LogP contribution in [0, 0.1) is 13.5 Å². The Hall–Kier alpha value is -1.36. The third kappa shape index (κ3) is 2.38. The Morgan fingerprint density at radius 1 is 1.55 bits per heavy atom. The van der Waals surface area contributed by atoms with E-state index in [-0.39, 0.29) is 0 Å². The van der Waals surface area contributed by atoms with Crippen molar-refractivity contribution in [3.8, 4) is 0 Å². The highest BCUT2D eigenvalue weighted by molar-refractivity contribution is 5.13. The first-order valence-electron chi connectivity index (χ1n) is 3.57. The largest absolute Gasteiger partial charge is 0.317 e. The monoisotopic (exact) mass is 146 g/mol. The summed E-state index contributed by atoms with van der Waals surface area (Å²) in [5.41, 5.74) is 2.17. The Kier molecular flexibility index (Phi) is 2.62. The summed E-state index contributed by atoms with van der Waals surface area (Å²) >= 11 is 0. The van der Waals surface area contributed by atoms with Crippen molar-refractivity contribution in [2.75, 3.05) is 6.54 Å². The van der Waals surface area contributed by atoms with E-state index in [1.807, 2.05) is 25.3 Å². The van der Waals surface area contributed by atoms with Crippen LogP contribution in [0.2, 0.25) is 0 Å². The fourth-order valence-electron chi connectivity index (χ4n) is 0.831. The van der Waals surface area contributed by atoms with E-state index in [9.17, 15) is 0 Å². The molecule has 0 unspecified atom stereocenters. The summed E-state index contributed by atoms with van der Waals surface area (Å²) in [5.74, 6) is 0. The van der Waals surface area contributed by atoms with Gasteiger partial charge < -0.3 is 4.85 Å². The quantitative estimate of drug-likeness (QED) is 0.582. The van der Waals surface area contributed by atoms with Gasteiger partial charge in [-0.05, 0) is 18.6 Å². The lowest BCUT2D eigenvalue weighted by Gasteiger charge is -1.94. The van der Waals surface area contributed by atoms with Gasteiger partial charge in [-0.2, -0.15) is 0 Å². The summed E-state index contributed by atoms with van der Waals surface area (Å²) in [6.07, 6.45) is 2.65. The van der Waals surface area contributed by atoms with Crippen molar-refractivity contribution in [1.29, 1.82) is 0 Å². The van der Waals surface area contributed by atoms with E-state index in [0.29, 0.717) is 6.54 Å². The number of hydrogen-bond donors (Lipinski definition) is 0. The van der Waals surface area contributed by atoms with Gasteiger partial charge in [0.2, 0.25) is 6.54 Å². The van der Waals surface area contributed by atoms with Crippen LogP contribution in [-0.4, -0.2) is 11.5 Å². The van der Waals surface area contributed by atoms with Crippen LogP contribution in [-0.2, 0) is 6.42 Å². The summed E-state index contributed by atoms with van der Waals surface area (Å²) in [5, 5.41) is 0. The van der Waals surface area contributed by atoms with Crippen molar-refractivity contribution < 1.29 is 0 Å². The molecule has 2 heteroatoms. The Balaban J connectivity index is 2.60. The number of rotatable bonds is 2. The van der Waals surface area contributed by atoms with Crippen LogP contribution >= 0.6 is 0 Å². The number of hydrogen-bond acceptors (Lipinski definition) is 1. The minimum absolute atomic E-state index is 0.560. The number of aromatic nitrogens is 1. The highest BCUT2D eigenvalue weighted by atomic mass is 14.7. The second kappa shape index (κ2) is 3.72. The van der Waals surface area contributed by atoms with Gasteiger partial charge in [0, 0.05) is 18.3 Å². The number of nitrogens with zero attached hydrogens (tertiary/aromatic N) is 2. The van der Waals surface area contributed by atoms with Crippen LogP contribution in [0.3, 0.4) is 0 Å². The highest BCUT2D eigenvalue weighted by Gasteiger charge is 1.93. The molecule has 0 aliphatic carbocycles. The molecule has 0 radical (unpaired) electrons. The molecule has 56 valence electrons. The van der Waals surface area contributed by atoms with Gasteiger partial charge in [0.1, 0.15) is 0 Å². The topological polar surface area (TPSA) is 17.2 Å². The van der Waals surface area contributed by atoms with Crippen LogP contribution < -0.4 is 0 Å². The summed E-state index contributed by atoms with van der Waals surface area (Å²) in [7, 11) is 0. The summed E-state index contributed by atoms with van der Waals surface area (Å²) < 4.78 is 0. The molecule has 0 aromatic carbocycles. The summed E-state index contributed by atoms with van der Waals surface area (Å²) in [6, 6.07) is 3.99. The average Bonchev–Trinajstić information content (AvgIpc) is 2.04. The van der Waals surface area contributed by atoms with Crippen molar-refractivity contribution in [3.05, 3.63) is 41.0 Å². The smallest absolute Gasteiger partial charge is 0.218 e. The molecule has 0 aliphatic rings. The van der Waals surface area contributed by atoms with Crippen molar-refractivity contribution in [1.82, 2.24) is 4.98 Å². The molecule has 1 aromatic heterocycles. The van der Waals surface area contributed by atoms with Crippen LogP contribution in [0.5, 0.6) is 0 Å². The maximum atomic E-state index is 6.60. The van der Waals surface area contributed by atoms with E-state index < -0.39 is 0 Å². The van der Waals surface area contributed by atoms with Crippen LogP contribution in [0.15, 0.2) is 18.3 Å². The summed E-state index contributed by atoms with van der Waals surface area (Å²) in [4.78, 5) is 7.40. The van der Waals surface area contributed by atoms with Crippen LogP contribution in [0.25, 0.3) is 4.85 Å². The number of pyridine rings is 1. The molecular weight excluding hydrogens is 136 g/mol. The van der Waals surface area contributed by atoms with Gasteiger partial charge in [0.05, 0.1) is 0 Å². The molecule has 1 rings (SSSR count). The lowest BCUT2D eigenvalue weighted by atomic mass is 10.2. The zero-order valence-electron chi connectivity index (χ0n) is 6.54. The van der Waals surface area contributed by atoms with Crippen molar-refractivity contribution in [2.45, 2.75) is 13.3 Å². The van der Waals surface area contributed by atoms with Gasteiger partial charge in [-0.15, -0.1) is 0 Å². The molecule has 0 spiro atoms. The maximum Gasteiger partial charge on any atom is 0.218 e. The number of aryl methyl sites for hydroxylation is 1. The van der Waals surface area contributed by atoms with Gasteiger partial charge >= 0.3 is 0 Å². The second-order valence-electron chi connectivity index (χ2n) is 2.44. The van der Waals surface area contributed by atoms with E-state index in [1.54, 1.807) is 0 Å². The van der Waals surface area contributed by atoms with Gasteiger partial charge in [0.15, 0.2) is 0 Å². The first-order chi connectivity index (χ1) is 5.33. The summed E-state index contributed by atoms with van der Waals surface area (Å²) in [6.45, 7) is 9.12. The zero-order chi connectivity index (χ0) is 8.10. The van der Waals surface area contributed by atoms with E-state index >= 15 is 0 Å². The first kappa shape index (κ1) is 7.74. The van der Waals surface area contributed by atoms with Crippen molar-refractivity contribution in [3.63, 3.8) is 0 Å².